The van der Waals surface area contributed by atoms with Crippen molar-refractivity contribution in [1.29, 1.82) is 0 Å². The SMILES string of the molecule is COc1ccc(C)cc1[C@@H](CCN(C(C)C)C(C)C)c1ccccc1. The predicted octanol–water partition coefficient (Wildman–Crippen LogP) is 5.64. The van der Waals surface area contributed by atoms with Gasteiger partial charge in [-0.1, -0.05) is 48.0 Å². The molecule has 2 heteroatoms. The highest BCUT2D eigenvalue weighted by molar-refractivity contribution is 5.44. The van der Waals surface area contributed by atoms with Crippen LogP contribution in [0.5, 0.6) is 5.75 Å². The summed E-state index contributed by atoms with van der Waals surface area (Å²) in [5.74, 6) is 1.33. The zero-order valence-corrected chi connectivity index (χ0v) is 16.6. The van der Waals surface area contributed by atoms with Gasteiger partial charge in [0.1, 0.15) is 5.75 Å². The van der Waals surface area contributed by atoms with Crippen LogP contribution >= 0.6 is 0 Å². The van der Waals surface area contributed by atoms with E-state index < -0.39 is 0 Å². The summed E-state index contributed by atoms with van der Waals surface area (Å²) in [6, 6.07) is 18.4. The van der Waals surface area contributed by atoms with E-state index in [2.05, 4.69) is 88.0 Å². The highest BCUT2D eigenvalue weighted by Crippen LogP contribution is 2.35. The van der Waals surface area contributed by atoms with Crippen LogP contribution in [-0.4, -0.2) is 30.6 Å². The van der Waals surface area contributed by atoms with Crippen LogP contribution in [0.3, 0.4) is 0 Å². The molecule has 25 heavy (non-hydrogen) atoms. The third-order valence-corrected chi connectivity index (χ3v) is 4.97. The topological polar surface area (TPSA) is 12.5 Å². The van der Waals surface area contributed by atoms with Gasteiger partial charge in [0.25, 0.3) is 0 Å². The number of methoxy groups -OCH3 is 1. The molecular formula is C23H33NO. The lowest BCUT2D eigenvalue weighted by Crippen LogP contribution is -2.38. The molecule has 2 nitrogen and oxygen atoms in total. The van der Waals surface area contributed by atoms with Crippen LogP contribution in [0.4, 0.5) is 0 Å². The van der Waals surface area contributed by atoms with Crippen molar-refractivity contribution in [2.45, 2.75) is 59.0 Å². The number of hydrogen-bond acceptors (Lipinski definition) is 2. The Balaban J connectivity index is 2.37. The zero-order valence-electron chi connectivity index (χ0n) is 16.6. The number of hydrogen-bond donors (Lipinski definition) is 0. The predicted molar refractivity (Wildman–Crippen MR) is 108 cm³/mol. The molecular weight excluding hydrogens is 306 g/mol. The van der Waals surface area contributed by atoms with Gasteiger partial charge >= 0.3 is 0 Å². The minimum absolute atomic E-state index is 0.344. The van der Waals surface area contributed by atoms with Crippen LogP contribution in [0, 0.1) is 6.92 Å². The van der Waals surface area contributed by atoms with Gasteiger partial charge in [-0.3, -0.25) is 4.90 Å². The normalized spacial score (nSPS) is 12.8. The first-order chi connectivity index (χ1) is 11.9. The number of benzene rings is 2. The van der Waals surface area contributed by atoms with E-state index >= 15 is 0 Å². The molecule has 1 atom stereocenters. The minimum atomic E-state index is 0.344. The van der Waals surface area contributed by atoms with Crippen molar-refractivity contribution in [3.8, 4) is 5.75 Å². The summed E-state index contributed by atoms with van der Waals surface area (Å²) in [4.78, 5) is 2.57. The fourth-order valence-corrected chi connectivity index (χ4v) is 3.70. The second-order valence-corrected chi connectivity index (χ2v) is 7.42. The van der Waals surface area contributed by atoms with Crippen molar-refractivity contribution < 1.29 is 4.74 Å². The van der Waals surface area contributed by atoms with E-state index in [9.17, 15) is 0 Å². The maximum absolute atomic E-state index is 5.69. The molecule has 0 radical (unpaired) electrons. The standard InChI is InChI=1S/C23H33NO/c1-17(2)24(18(3)4)15-14-21(20-10-8-7-9-11-20)22-16-19(5)12-13-23(22)25-6/h7-13,16-18,21H,14-15H2,1-6H3/t21-/m0/s1. The lowest BCUT2D eigenvalue weighted by atomic mass is 9.86. The highest BCUT2D eigenvalue weighted by atomic mass is 16.5. The quantitative estimate of drug-likeness (QED) is 0.616. The van der Waals surface area contributed by atoms with Crippen LogP contribution < -0.4 is 4.74 Å². The highest BCUT2D eigenvalue weighted by Gasteiger charge is 2.21. The average molecular weight is 340 g/mol. The molecule has 0 aliphatic heterocycles. The monoisotopic (exact) mass is 339 g/mol. The smallest absolute Gasteiger partial charge is 0.122 e. The lowest BCUT2D eigenvalue weighted by molar-refractivity contribution is 0.170. The molecule has 0 aliphatic rings. The van der Waals surface area contributed by atoms with Gasteiger partial charge < -0.3 is 4.74 Å². The van der Waals surface area contributed by atoms with E-state index in [1.54, 1.807) is 7.11 Å². The second kappa shape index (κ2) is 9.05. The summed E-state index contributed by atoms with van der Waals surface area (Å²) in [6.45, 7) is 12.4. The van der Waals surface area contributed by atoms with Crippen molar-refractivity contribution in [2.75, 3.05) is 13.7 Å². The van der Waals surface area contributed by atoms with E-state index in [1.807, 2.05) is 0 Å². The summed E-state index contributed by atoms with van der Waals surface area (Å²) >= 11 is 0. The van der Waals surface area contributed by atoms with E-state index in [4.69, 9.17) is 4.74 Å². The molecule has 0 N–H and O–H groups in total. The number of ether oxygens (including phenoxy) is 1. The first-order valence-corrected chi connectivity index (χ1v) is 9.39. The summed E-state index contributed by atoms with van der Waals surface area (Å²) in [5, 5.41) is 0. The van der Waals surface area contributed by atoms with Gasteiger partial charge in [-0.2, -0.15) is 0 Å². The Kier molecular flexibility index (Phi) is 7.07. The second-order valence-electron chi connectivity index (χ2n) is 7.42. The van der Waals surface area contributed by atoms with Crippen molar-refractivity contribution >= 4 is 0 Å². The summed E-state index contributed by atoms with van der Waals surface area (Å²) in [5.41, 5.74) is 3.93. The van der Waals surface area contributed by atoms with Gasteiger partial charge in [-0.15, -0.1) is 0 Å². The third kappa shape index (κ3) is 5.09. The lowest BCUT2D eigenvalue weighted by Gasteiger charge is -2.32. The Morgan fingerprint density at radius 1 is 0.920 bits per heavy atom. The molecule has 0 bridgehead atoms. The summed E-state index contributed by atoms with van der Waals surface area (Å²) in [6.07, 6.45) is 1.08. The third-order valence-electron chi connectivity index (χ3n) is 4.97. The van der Waals surface area contributed by atoms with Gasteiger partial charge in [0.2, 0.25) is 0 Å². The number of aryl methyl sites for hydroxylation is 1. The van der Waals surface area contributed by atoms with Crippen LogP contribution in [0.25, 0.3) is 0 Å². The van der Waals surface area contributed by atoms with Crippen molar-refractivity contribution in [2.24, 2.45) is 0 Å². The number of nitrogens with zero attached hydrogens (tertiary/aromatic N) is 1. The molecule has 0 amide bonds. The van der Waals surface area contributed by atoms with Crippen LogP contribution in [0.1, 0.15) is 56.7 Å². The molecule has 2 aromatic carbocycles. The van der Waals surface area contributed by atoms with Crippen molar-refractivity contribution in [3.63, 3.8) is 0 Å². The largest absolute Gasteiger partial charge is 0.496 e. The van der Waals surface area contributed by atoms with Crippen LogP contribution in [0.15, 0.2) is 48.5 Å². The van der Waals surface area contributed by atoms with Gasteiger partial charge in [0, 0.05) is 23.6 Å². The molecule has 0 unspecified atom stereocenters. The molecule has 0 heterocycles. The molecule has 0 aliphatic carbocycles. The van der Waals surface area contributed by atoms with Gasteiger partial charge in [0.15, 0.2) is 0 Å². The van der Waals surface area contributed by atoms with Crippen LogP contribution in [-0.2, 0) is 0 Å². The average Bonchev–Trinajstić information content (AvgIpc) is 2.59. The fourth-order valence-electron chi connectivity index (χ4n) is 3.70. The molecule has 2 rings (SSSR count). The molecule has 136 valence electrons. The zero-order chi connectivity index (χ0) is 18.4. The van der Waals surface area contributed by atoms with E-state index in [0.29, 0.717) is 18.0 Å². The summed E-state index contributed by atoms with van der Waals surface area (Å²) < 4.78 is 5.69. The van der Waals surface area contributed by atoms with Crippen molar-refractivity contribution in [1.82, 2.24) is 4.90 Å². The fraction of sp³-hybridized carbons (Fsp3) is 0.478. The summed E-state index contributed by atoms with van der Waals surface area (Å²) in [7, 11) is 1.77. The van der Waals surface area contributed by atoms with E-state index in [0.717, 1.165) is 18.7 Å². The Morgan fingerprint density at radius 2 is 1.56 bits per heavy atom. The minimum Gasteiger partial charge on any atom is -0.496 e. The molecule has 0 saturated carbocycles. The van der Waals surface area contributed by atoms with Gasteiger partial charge in [0.05, 0.1) is 7.11 Å². The molecule has 0 fully saturated rings. The maximum atomic E-state index is 5.69. The Morgan fingerprint density at radius 3 is 2.12 bits per heavy atom. The Labute approximate surface area is 153 Å². The number of rotatable bonds is 8. The Hall–Kier alpha value is -1.80. The first-order valence-electron chi connectivity index (χ1n) is 9.39. The van der Waals surface area contributed by atoms with Crippen LogP contribution in [0.2, 0.25) is 0 Å². The van der Waals surface area contributed by atoms with E-state index in [1.165, 1.54) is 16.7 Å². The molecule has 0 aromatic heterocycles. The van der Waals surface area contributed by atoms with Gasteiger partial charge in [-0.25, -0.2) is 0 Å². The molecule has 0 spiro atoms. The van der Waals surface area contributed by atoms with E-state index in [-0.39, 0.29) is 0 Å². The molecule has 2 aromatic rings. The first kappa shape index (κ1) is 19.5. The van der Waals surface area contributed by atoms with Crippen molar-refractivity contribution in [3.05, 3.63) is 65.2 Å². The Bertz CT molecular complexity index is 640. The molecule has 0 saturated heterocycles. The maximum Gasteiger partial charge on any atom is 0.122 e. The van der Waals surface area contributed by atoms with Gasteiger partial charge in [-0.05, 0) is 59.2 Å².